The molecule has 2 aromatic rings. The zero-order valence-corrected chi connectivity index (χ0v) is 10.9. The second-order valence-electron chi connectivity index (χ2n) is 5.51. The summed E-state index contributed by atoms with van der Waals surface area (Å²) in [5.41, 5.74) is -0.803. The Bertz CT molecular complexity index is 632. The van der Waals surface area contributed by atoms with Crippen molar-refractivity contribution in [3.05, 3.63) is 36.0 Å². The van der Waals surface area contributed by atoms with Crippen LogP contribution in [0, 0.1) is 5.41 Å². The molecule has 2 nitrogen and oxygen atoms in total. The molecular weight excluding hydrogens is 255 g/mol. The van der Waals surface area contributed by atoms with Gasteiger partial charge in [-0.1, -0.05) is 20.8 Å². The first-order valence-corrected chi connectivity index (χ1v) is 5.84. The highest BCUT2D eigenvalue weighted by molar-refractivity contribution is 5.95. The highest BCUT2D eigenvalue weighted by atomic mass is 19.4. The Balaban J connectivity index is 2.55. The van der Waals surface area contributed by atoms with E-state index in [1.807, 2.05) is 0 Å². The largest absolute Gasteiger partial charge is 0.416 e. The fourth-order valence-electron chi connectivity index (χ4n) is 1.86. The van der Waals surface area contributed by atoms with Crippen molar-refractivity contribution < 1.29 is 18.0 Å². The van der Waals surface area contributed by atoms with E-state index in [1.165, 1.54) is 22.9 Å². The summed E-state index contributed by atoms with van der Waals surface area (Å²) in [7, 11) is 0. The molecule has 1 heterocycles. The summed E-state index contributed by atoms with van der Waals surface area (Å²) < 4.78 is 39.2. The highest BCUT2D eigenvalue weighted by Crippen LogP contribution is 2.32. The predicted octanol–water partition coefficient (Wildman–Crippen LogP) is 4.35. The van der Waals surface area contributed by atoms with Gasteiger partial charge < -0.3 is 0 Å². The summed E-state index contributed by atoms with van der Waals surface area (Å²) in [6.45, 7) is 5.31. The number of carbonyl (C=O) groups excluding carboxylic acids is 1. The first kappa shape index (κ1) is 13.6. The minimum Gasteiger partial charge on any atom is -0.287 e. The lowest BCUT2D eigenvalue weighted by Crippen LogP contribution is -2.25. The number of hydrogen-bond donors (Lipinski definition) is 0. The quantitative estimate of drug-likeness (QED) is 0.697. The van der Waals surface area contributed by atoms with Crippen LogP contribution in [0.3, 0.4) is 0 Å². The number of fused-ring (bicyclic) bond motifs is 1. The van der Waals surface area contributed by atoms with Crippen LogP contribution in [-0.2, 0) is 6.18 Å². The summed E-state index contributed by atoms with van der Waals surface area (Å²) in [5, 5.41) is 0.410. The minimum atomic E-state index is -4.37. The number of halogens is 3. The van der Waals surface area contributed by atoms with Gasteiger partial charge >= 0.3 is 6.18 Å². The molecule has 0 spiro atoms. The number of hydrogen-bond acceptors (Lipinski definition) is 1. The zero-order chi connectivity index (χ0) is 14.4. The van der Waals surface area contributed by atoms with Crippen molar-refractivity contribution in [1.82, 2.24) is 4.57 Å². The van der Waals surface area contributed by atoms with Crippen molar-refractivity contribution in [3.8, 4) is 0 Å². The highest BCUT2D eigenvalue weighted by Gasteiger charge is 2.31. The molecule has 1 aromatic carbocycles. The third-order valence-electron chi connectivity index (χ3n) is 2.88. The smallest absolute Gasteiger partial charge is 0.287 e. The van der Waals surface area contributed by atoms with Gasteiger partial charge in [-0.25, -0.2) is 0 Å². The molecule has 5 heteroatoms. The van der Waals surface area contributed by atoms with Crippen LogP contribution < -0.4 is 0 Å². The Labute approximate surface area is 108 Å². The van der Waals surface area contributed by atoms with Crippen LogP contribution in [0.25, 0.3) is 10.9 Å². The number of carbonyl (C=O) groups is 1. The van der Waals surface area contributed by atoms with Crippen molar-refractivity contribution in [1.29, 1.82) is 0 Å². The Morgan fingerprint density at radius 2 is 1.74 bits per heavy atom. The first-order valence-electron chi connectivity index (χ1n) is 5.84. The molecule has 19 heavy (non-hydrogen) atoms. The number of rotatable bonds is 0. The summed E-state index contributed by atoms with van der Waals surface area (Å²) in [4.78, 5) is 12.2. The van der Waals surface area contributed by atoms with Crippen molar-refractivity contribution in [2.24, 2.45) is 5.41 Å². The lowest BCUT2D eigenvalue weighted by molar-refractivity contribution is -0.137. The Kier molecular flexibility index (Phi) is 2.96. The van der Waals surface area contributed by atoms with Crippen LogP contribution in [0.4, 0.5) is 13.2 Å². The molecule has 0 aliphatic carbocycles. The van der Waals surface area contributed by atoms with Crippen molar-refractivity contribution in [2.75, 3.05) is 0 Å². The fraction of sp³-hybridized carbons (Fsp3) is 0.357. The van der Waals surface area contributed by atoms with Gasteiger partial charge in [-0.2, -0.15) is 13.2 Å². The van der Waals surface area contributed by atoms with E-state index in [2.05, 4.69) is 0 Å². The van der Waals surface area contributed by atoms with E-state index in [1.54, 1.807) is 20.8 Å². The van der Waals surface area contributed by atoms with Gasteiger partial charge in [-0.05, 0) is 24.3 Å². The van der Waals surface area contributed by atoms with Gasteiger partial charge in [-0.15, -0.1) is 0 Å². The average Bonchev–Trinajstić information content (AvgIpc) is 2.67. The van der Waals surface area contributed by atoms with Crippen LogP contribution in [0.1, 0.15) is 31.1 Å². The maximum atomic E-state index is 12.6. The van der Waals surface area contributed by atoms with Gasteiger partial charge in [-0.3, -0.25) is 9.36 Å². The Morgan fingerprint density at radius 1 is 1.11 bits per heavy atom. The topological polar surface area (TPSA) is 22.0 Å². The third-order valence-corrected chi connectivity index (χ3v) is 2.88. The van der Waals surface area contributed by atoms with E-state index < -0.39 is 17.2 Å². The molecule has 1 aromatic heterocycles. The van der Waals surface area contributed by atoms with E-state index >= 15 is 0 Å². The molecule has 0 fully saturated rings. The van der Waals surface area contributed by atoms with E-state index in [0.717, 1.165) is 12.1 Å². The SMILES string of the molecule is CC(C)(C)C(=O)n1ccc2cc(C(F)(F)F)ccc21. The van der Waals surface area contributed by atoms with Crippen LogP contribution in [0.5, 0.6) is 0 Å². The maximum absolute atomic E-state index is 12.6. The molecule has 2 rings (SSSR count). The molecule has 0 saturated carbocycles. The number of alkyl halides is 3. The Hall–Kier alpha value is -1.78. The van der Waals surface area contributed by atoms with E-state index in [0.29, 0.717) is 10.9 Å². The van der Waals surface area contributed by atoms with Gasteiger partial charge in [0.25, 0.3) is 0 Å². The molecule has 0 bridgehead atoms. The minimum absolute atomic E-state index is 0.151. The molecule has 0 aliphatic rings. The molecule has 102 valence electrons. The number of aromatic nitrogens is 1. The molecule has 0 atom stereocenters. The van der Waals surface area contributed by atoms with Gasteiger partial charge in [0.05, 0.1) is 11.1 Å². The molecule has 0 amide bonds. The van der Waals surface area contributed by atoms with Gasteiger partial charge in [0, 0.05) is 17.0 Å². The molecule has 0 unspecified atom stereocenters. The zero-order valence-electron chi connectivity index (χ0n) is 10.9. The van der Waals surface area contributed by atoms with Crippen molar-refractivity contribution in [2.45, 2.75) is 26.9 Å². The van der Waals surface area contributed by atoms with Crippen LogP contribution in [0.2, 0.25) is 0 Å². The van der Waals surface area contributed by atoms with Crippen molar-refractivity contribution >= 4 is 16.8 Å². The first-order chi connectivity index (χ1) is 8.60. The molecule has 0 saturated heterocycles. The molecule has 0 radical (unpaired) electrons. The van der Waals surface area contributed by atoms with E-state index in [4.69, 9.17) is 0 Å². The summed E-state index contributed by atoms with van der Waals surface area (Å²) in [5.74, 6) is -0.151. The summed E-state index contributed by atoms with van der Waals surface area (Å²) in [6.07, 6.45) is -2.86. The standard InChI is InChI=1S/C14H14F3NO/c1-13(2,3)12(19)18-7-6-9-8-10(14(15,16)17)4-5-11(9)18/h4-8H,1-3H3. The maximum Gasteiger partial charge on any atom is 0.416 e. The van der Waals surface area contributed by atoms with Crippen molar-refractivity contribution in [3.63, 3.8) is 0 Å². The van der Waals surface area contributed by atoms with Crippen LogP contribution in [0.15, 0.2) is 30.5 Å². The molecule has 0 N–H and O–H groups in total. The van der Waals surface area contributed by atoms with Crippen LogP contribution >= 0.6 is 0 Å². The predicted molar refractivity (Wildman–Crippen MR) is 67.0 cm³/mol. The van der Waals surface area contributed by atoms with E-state index in [9.17, 15) is 18.0 Å². The number of nitrogens with zero attached hydrogens (tertiary/aromatic N) is 1. The Morgan fingerprint density at radius 3 is 2.26 bits per heavy atom. The fourth-order valence-corrected chi connectivity index (χ4v) is 1.86. The van der Waals surface area contributed by atoms with Gasteiger partial charge in [0.2, 0.25) is 5.91 Å². The van der Waals surface area contributed by atoms with Crippen LogP contribution in [-0.4, -0.2) is 10.5 Å². The lowest BCUT2D eigenvalue weighted by atomic mass is 9.95. The summed E-state index contributed by atoms with van der Waals surface area (Å²) >= 11 is 0. The second-order valence-corrected chi connectivity index (χ2v) is 5.51. The third kappa shape index (κ3) is 2.50. The average molecular weight is 269 g/mol. The van der Waals surface area contributed by atoms with E-state index in [-0.39, 0.29) is 5.91 Å². The monoisotopic (exact) mass is 269 g/mol. The van der Waals surface area contributed by atoms with Gasteiger partial charge in [0.1, 0.15) is 0 Å². The van der Waals surface area contributed by atoms with Gasteiger partial charge in [0.15, 0.2) is 0 Å². The second kappa shape index (κ2) is 4.11. The normalized spacial score (nSPS) is 12.9. The lowest BCUT2D eigenvalue weighted by Gasteiger charge is -2.17. The molecular formula is C14H14F3NO. The summed E-state index contributed by atoms with van der Waals surface area (Å²) in [6, 6.07) is 4.91. The molecule has 0 aliphatic heterocycles. The number of benzene rings is 1.